The molecule has 4 N–H and O–H groups in total. The van der Waals surface area contributed by atoms with Crippen LogP contribution in [-0.2, 0) is 9.47 Å². The van der Waals surface area contributed by atoms with Crippen LogP contribution in [0.3, 0.4) is 0 Å². The van der Waals surface area contributed by atoms with Gasteiger partial charge in [-0.1, -0.05) is 12.1 Å². The first-order chi connectivity index (χ1) is 9.00. The molecule has 7 nitrogen and oxygen atoms in total. The first-order valence-corrected chi connectivity index (χ1v) is 5.65. The maximum Gasteiger partial charge on any atom is 0.344 e. The molecule has 0 aromatic heterocycles. The number of benzene rings is 1. The summed E-state index contributed by atoms with van der Waals surface area (Å²) < 4.78 is 9.77. The van der Waals surface area contributed by atoms with Crippen molar-refractivity contribution in [3.05, 3.63) is 29.8 Å². The molecule has 0 amide bonds. The number of ether oxygens (including phenoxy) is 2. The number of phenolic OH excluding ortho intramolecular Hbond substituents is 1. The van der Waals surface area contributed by atoms with E-state index in [1.165, 1.54) is 24.3 Å². The third kappa shape index (κ3) is 2.85. The highest BCUT2D eigenvalue weighted by Gasteiger charge is 2.40. The lowest BCUT2D eigenvalue weighted by atomic mass is 10.1. The van der Waals surface area contributed by atoms with E-state index < -0.39 is 30.6 Å². The second kappa shape index (κ2) is 5.54. The molecule has 1 heterocycles. The second-order valence-electron chi connectivity index (χ2n) is 4.17. The van der Waals surface area contributed by atoms with Crippen molar-refractivity contribution in [1.82, 2.24) is 0 Å². The average Bonchev–Trinajstić information content (AvgIpc) is 2.40. The summed E-state index contributed by atoms with van der Waals surface area (Å²) in [5.41, 5.74) is -0.0843. The van der Waals surface area contributed by atoms with Crippen LogP contribution in [0.1, 0.15) is 10.4 Å². The van der Waals surface area contributed by atoms with Crippen molar-refractivity contribution in [3.63, 3.8) is 0 Å². The van der Waals surface area contributed by atoms with Crippen molar-refractivity contribution in [2.75, 3.05) is 6.61 Å². The standard InChI is InChI=1S/C12H14O7/c13-7-4-2-1-3-6(7)11(17)19-12-10(16)9(15)8(14)5-18-12/h1-4,8-10,12-16H,5H2/t8-,9+,10-,12?/m1/s1. The van der Waals surface area contributed by atoms with Gasteiger partial charge in [0.25, 0.3) is 0 Å². The number of esters is 1. The fourth-order valence-corrected chi connectivity index (χ4v) is 1.70. The molecule has 0 aliphatic carbocycles. The third-order valence-corrected chi connectivity index (χ3v) is 2.80. The number of aromatic hydroxyl groups is 1. The molecule has 0 bridgehead atoms. The normalized spacial score (nSPS) is 30.9. The maximum absolute atomic E-state index is 11.8. The van der Waals surface area contributed by atoms with Gasteiger partial charge in [-0.15, -0.1) is 0 Å². The van der Waals surface area contributed by atoms with Crippen LogP contribution >= 0.6 is 0 Å². The van der Waals surface area contributed by atoms with E-state index in [9.17, 15) is 25.2 Å². The summed E-state index contributed by atoms with van der Waals surface area (Å²) in [4.78, 5) is 11.8. The lowest BCUT2D eigenvalue weighted by molar-refractivity contribution is -0.251. The number of aliphatic hydroxyl groups is 3. The molecular weight excluding hydrogens is 256 g/mol. The molecule has 7 heteroatoms. The minimum absolute atomic E-state index is 0.0843. The van der Waals surface area contributed by atoms with Crippen molar-refractivity contribution < 1.29 is 34.7 Å². The van der Waals surface area contributed by atoms with E-state index in [0.717, 1.165) is 0 Å². The quantitative estimate of drug-likeness (QED) is 0.509. The number of carbonyl (C=O) groups excluding carboxylic acids is 1. The van der Waals surface area contributed by atoms with Gasteiger partial charge < -0.3 is 29.9 Å². The minimum atomic E-state index is -1.56. The van der Waals surface area contributed by atoms with Crippen molar-refractivity contribution in [2.45, 2.75) is 24.6 Å². The van der Waals surface area contributed by atoms with Gasteiger partial charge in [0.2, 0.25) is 6.29 Å². The summed E-state index contributed by atoms with van der Waals surface area (Å²) in [7, 11) is 0. The van der Waals surface area contributed by atoms with Crippen molar-refractivity contribution in [2.24, 2.45) is 0 Å². The van der Waals surface area contributed by atoms with E-state index in [0.29, 0.717) is 0 Å². The third-order valence-electron chi connectivity index (χ3n) is 2.80. The Kier molecular flexibility index (Phi) is 4.01. The molecular formula is C12H14O7. The molecule has 1 aromatic rings. The van der Waals surface area contributed by atoms with Gasteiger partial charge in [-0.3, -0.25) is 0 Å². The number of hydrogen-bond acceptors (Lipinski definition) is 7. The summed E-state index contributed by atoms with van der Waals surface area (Å²) in [6.07, 6.45) is -5.66. The van der Waals surface area contributed by atoms with Crippen LogP contribution in [0, 0.1) is 0 Å². The van der Waals surface area contributed by atoms with Gasteiger partial charge in [0.1, 0.15) is 29.6 Å². The number of aliphatic hydroxyl groups excluding tert-OH is 3. The number of hydrogen-bond donors (Lipinski definition) is 4. The molecule has 104 valence electrons. The van der Waals surface area contributed by atoms with Crippen molar-refractivity contribution >= 4 is 5.97 Å². The van der Waals surface area contributed by atoms with Crippen LogP contribution in [0.5, 0.6) is 5.75 Å². The second-order valence-corrected chi connectivity index (χ2v) is 4.17. The largest absolute Gasteiger partial charge is 0.507 e. The van der Waals surface area contributed by atoms with E-state index in [4.69, 9.17) is 9.47 Å². The van der Waals surface area contributed by atoms with Gasteiger partial charge >= 0.3 is 5.97 Å². The maximum atomic E-state index is 11.8. The van der Waals surface area contributed by atoms with Crippen LogP contribution in [0.2, 0.25) is 0 Å². The first kappa shape index (κ1) is 13.8. The van der Waals surface area contributed by atoms with E-state index in [1.807, 2.05) is 0 Å². The van der Waals surface area contributed by atoms with Crippen LogP contribution in [0.15, 0.2) is 24.3 Å². The summed E-state index contributed by atoms with van der Waals surface area (Å²) in [5, 5.41) is 37.8. The highest BCUT2D eigenvalue weighted by atomic mass is 16.7. The fourth-order valence-electron chi connectivity index (χ4n) is 1.70. The van der Waals surface area contributed by atoms with Crippen LogP contribution in [-0.4, -0.2) is 57.6 Å². The van der Waals surface area contributed by atoms with Gasteiger partial charge in [0.05, 0.1) is 6.61 Å². The van der Waals surface area contributed by atoms with Crippen LogP contribution in [0.25, 0.3) is 0 Å². The molecule has 1 aliphatic heterocycles. The summed E-state index contributed by atoms with van der Waals surface area (Å²) in [5.74, 6) is -1.16. The Morgan fingerprint density at radius 1 is 1.21 bits per heavy atom. The molecule has 1 aromatic carbocycles. The minimum Gasteiger partial charge on any atom is -0.507 e. The molecule has 1 saturated heterocycles. The molecule has 4 atom stereocenters. The first-order valence-electron chi connectivity index (χ1n) is 5.65. The van der Waals surface area contributed by atoms with Crippen molar-refractivity contribution in [1.29, 1.82) is 0 Å². The molecule has 1 unspecified atom stereocenters. The molecule has 2 rings (SSSR count). The number of para-hydroxylation sites is 1. The van der Waals surface area contributed by atoms with Gasteiger partial charge in [-0.05, 0) is 12.1 Å². The van der Waals surface area contributed by atoms with Gasteiger partial charge in [-0.2, -0.15) is 0 Å². The Morgan fingerprint density at radius 2 is 1.89 bits per heavy atom. The van der Waals surface area contributed by atoms with E-state index in [-0.39, 0.29) is 17.9 Å². The summed E-state index contributed by atoms with van der Waals surface area (Å²) in [6.45, 7) is -0.267. The lowest BCUT2D eigenvalue weighted by Crippen LogP contribution is -2.54. The summed E-state index contributed by atoms with van der Waals surface area (Å²) >= 11 is 0. The highest BCUT2D eigenvalue weighted by Crippen LogP contribution is 2.21. The zero-order valence-electron chi connectivity index (χ0n) is 9.84. The van der Waals surface area contributed by atoms with Crippen LogP contribution < -0.4 is 0 Å². The Morgan fingerprint density at radius 3 is 2.58 bits per heavy atom. The number of carbonyl (C=O) groups is 1. The summed E-state index contributed by atoms with van der Waals surface area (Å²) in [6, 6.07) is 5.73. The fraction of sp³-hybridized carbons (Fsp3) is 0.417. The van der Waals surface area contributed by atoms with E-state index in [1.54, 1.807) is 0 Å². The van der Waals surface area contributed by atoms with E-state index >= 15 is 0 Å². The highest BCUT2D eigenvalue weighted by molar-refractivity contribution is 5.92. The SMILES string of the molecule is O=C(OC1OC[C@@H](O)[C@H](O)[C@H]1O)c1ccccc1O. The lowest BCUT2D eigenvalue weighted by Gasteiger charge is -2.34. The molecule has 19 heavy (non-hydrogen) atoms. The monoisotopic (exact) mass is 270 g/mol. The zero-order valence-corrected chi connectivity index (χ0v) is 9.84. The molecule has 0 radical (unpaired) electrons. The van der Waals surface area contributed by atoms with Gasteiger partial charge in [-0.25, -0.2) is 4.79 Å². The molecule has 1 aliphatic rings. The number of rotatable bonds is 2. The average molecular weight is 270 g/mol. The molecule has 0 saturated carbocycles. The Balaban J connectivity index is 2.05. The predicted molar refractivity (Wildman–Crippen MR) is 61.3 cm³/mol. The Labute approximate surface area is 108 Å². The van der Waals surface area contributed by atoms with Crippen molar-refractivity contribution in [3.8, 4) is 5.75 Å². The Hall–Kier alpha value is -1.67. The number of phenols is 1. The zero-order chi connectivity index (χ0) is 14.0. The molecule has 0 spiro atoms. The van der Waals surface area contributed by atoms with Crippen LogP contribution in [0.4, 0.5) is 0 Å². The van der Waals surface area contributed by atoms with Gasteiger partial charge in [0.15, 0.2) is 0 Å². The topological polar surface area (TPSA) is 116 Å². The molecule has 1 fully saturated rings. The smallest absolute Gasteiger partial charge is 0.344 e. The van der Waals surface area contributed by atoms with Gasteiger partial charge in [0, 0.05) is 0 Å². The predicted octanol–water partition coefficient (Wildman–Crippen LogP) is -1.01. The van der Waals surface area contributed by atoms with E-state index in [2.05, 4.69) is 0 Å². The Bertz CT molecular complexity index is 461.